The van der Waals surface area contributed by atoms with Crippen LogP contribution in [0, 0.1) is 6.92 Å². The number of halogens is 1. The average Bonchev–Trinajstić information content (AvgIpc) is 2.38. The van der Waals surface area contributed by atoms with Crippen molar-refractivity contribution >= 4 is 17.4 Å². The van der Waals surface area contributed by atoms with Gasteiger partial charge in [0.1, 0.15) is 5.75 Å². The van der Waals surface area contributed by atoms with Crippen molar-refractivity contribution in [2.45, 2.75) is 20.0 Å². The number of ether oxygens (including phenoxy) is 1. The summed E-state index contributed by atoms with van der Waals surface area (Å²) in [6, 6.07) is 14.5. The Morgan fingerprint density at radius 3 is 2.58 bits per heavy atom. The van der Waals surface area contributed by atoms with Crippen LogP contribution < -0.4 is 4.74 Å². The number of aryl methyl sites for hydroxylation is 1. The molecule has 2 nitrogen and oxygen atoms in total. The Morgan fingerprint density at radius 1 is 1.16 bits per heavy atom. The van der Waals surface area contributed by atoms with Gasteiger partial charge in [-0.2, -0.15) is 0 Å². The van der Waals surface area contributed by atoms with Gasteiger partial charge in [0.2, 0.25) is 5.78 Å². The van der Waals surface area contributed by atoms with Gasteiger partial charge in [0.25, 0.3) is 0 Å². The quantitative estimate of drug-likeness (QED) is 0.777. The lowest BCUT2D eigenvalue weighted by atomic mass is 10.0. The molecule has 0 radical (unpaired) electrons. The molecule has 3 heteroatoms. The van der Waals surface area contributed by atoms with E-state index in [2.05, 4.69) is 0 Å². The zero-order valence-corrected chi connectivity index (χ0v) is 11.6. The summed E-state index contributed by atoms with van der Waals surface area (Å²) < 4.78 is 5.63. The van der Waals surface area contributed by atoms with E-state index in [9.17, 15) is 4.79 Å². The SMILES string of the molecule is Cc1ccccc1C(=O)C(C)Oc1cccc(Cl)c1. The maximum absolute atomic E-state index is 12.3. The fourth-order valence-corrected chi connectivity index (χ4v) is 2.05. The first-order chi connectivity index (χ1) is 9.08. The highest BCUT2D eigenvalue weighted by molar-refractivity contribution is 6.30. The van der Waals surface area contributed by atoms with Crippen molar-refractivity contribution in [1.82, 2.24) is 0 Å². The van der Waals surface area contributed by atoms with Crippen molar-refractivity contribution in [3.05, 3.63) is 64.7 Å². The summed E-state index contributed by atoms with van der Waals surface area (Å²) in [5.74, 6) is 0.569. The molecule has 0 aromatic heterocycles. The molecule has 2 rings (SSSR count). The molecule has 1 unspecified atom stereocenters. The Kier molecular flexibility index (Phi) is 4.23. The van der Waals surface area contributed by atoms with Crippen LogP contribution in [0.15, 0.2) is 48.5 Å². The highest BCUT2D eigenvalue weighted by Gasteiger charge is 2.18. The van der Waals surface area contributed by atoms with Crippen molar-refractivity contribution in [3.8, 4) is 5.75 Å². The zero-order valence-electron chi connectivity index (χ0n) is 10.9. The molecular weight excluding hydrogens is 260 g/mol. The summed E-state index contributed by atoms with van der Waals surface area (Å²) in [6.45, 7) is 3.66. The van der Waals surface area contributed by atoms with E-state index in [1.54, 1.807) is 31.2 Å². The topological polar surface area (TPSA) is 26.3 Å². The first kappa shape index (κ1) is 13.6. The van der Waals surface area contributed by atoms with Gasteiger partial charge in [0.15, 0.2) is 6.10 Å². The first-order valence-electron chi connectivity index (χ1n) is 6.10. The van der Waals surface area contributed by atoms with Gasteiger partial charge >= 0.3 is 0 Å². The minimum Gasteiger partial charge on any atom is -0.483 e. The van der Waals surface area contributed by atoms with Crippen LogP contribution >= 0.6 is 11.6 Å². The minimum absolute atomic E-state index is 0.0296. The minimum atomic E-state index is -0.542. The molecular formula is C16H15ClO2. The molecule has 0 aliphatic carbocycles. The number of carbonyl (C=O) groups excluding carboxylic acids is 1. The van der Waals surface area contributed by atoms with Crippen molar-refractivity contribution in [1.29, 1.82) is 0 Å². The van der Waals surface area contributed by atoms with Crippen LogP contribution in [0.4, 0.5) is 0 Å². The molecule has 2 aromatic carbocycles. The summed E-state index contributed by atoms with van der Waals surface area (Å²) in [7, 11) is 0. The monoisotopic (exact) mass is 274 g/mol. The molecule has 0 aliphatic rings. The van der Waals surface area contributed by atoms with Crippen molar-refractivity contribution < 1.29 is 9.53 Å². The normalized spacial score (nSPS) is 11.9. The number of benzene rings is 2. The number of hydrogen-bond acceptors (Lipinski definition) is 2. The van der Waals surface area contributed by atoms with Gasteiger partial charge < -0.3 is 4.74 Å². The molecule has 2 aromatic rings. The van der Waals surface area contributed by atoms with Gasteiger partial charge in [-0.25, -0.2) is 0 Å². The molecule has 0 aliphatic heterocycles. The van der Waals surface area contributed by atoms with Crippen LogP contribution in [0.5, 0.6) is 5.75 Å². The third kappa shape index (κ3) is 3.36. The second kappa shape index (κ2) is 5.89. The Labute approximate surface area is 118 Å². The Balaban J connectivity index is 2.14. The molecule has 0 bridgehead atoms. The molecule has 19 heavy (non-hydrogen) atoms. The molecule has 0 heterocycles. The Hall–Kier alpha value is -1.80. The molecule has 98 valence electrons. The van der Waals surface area contributed by atoms with E-state index >= 15 is 0 Å². The predicted octanol–water partition coefficient (Wildman–Crippen LogP) is 4.30. The number of rotatable bonds is 4. The van der Waals surface area contributed by atoms with Crippen molar-refractivity contribution in [3.63, 3.8) is 0 Å². The average molecular weight is 275 g/mol. The zero-order chi connectivity index (χ0) is 13.8. The number of ketones is 1. The maximum atomic E-state index is 12.3. The Morgan fingerprint density at radius 2 is 1.89 bits per heavy atom. The van der Waals surface area contributed by atoms with Crippen molar-refractivity contribution in [2.75, 3.05) is 0 Å². The van der Waals surface area contributed by atoms with Gasteiger partial charge in [0, 0.05) is 10.6 Å². The summed E-state index contributed by atoms with van der Waals surface area (Å²) in [4.78, 5) is 12.3. The van der Waals surface area contributed by atoms with Crippen LogP contribution in [0.1, 0.15) is 22.8 Å². The largest absolute Gasteiger partial charge is 0.483 e. The van der Waals surface area contributed by atoms with Crippen LogP contribution in [0.25, 0.3) is 0 Å². The fourth-order valence-electron chi connectivity index (χ4n) is 1.87. The standard InChI is InChI=1S/C16H15ClO2/c1-11-6-3-4-9-15(11)16(18)12(2)19-14-8-5-7-13(17)10-14/h3-10,12H,1-2H3. The summed E-state index contributed by atoms with van der Waals surface area (Å²) in [6.07, 6.45) is -0.542. The van der Waals surface area contributed by atoms with Gasteiger partial charge in [-0.15, -0.1) is 0 Å². The van der Waals surface area contributed by atoms with Gasteiger partial charge in [-0.05, 0) is 37.6 Å². The van der Waals surface area contributed by atoms with E-state index in [0.717, 1.165) is 5.56 Å². The molecule has 0 saturated heterocycles. The van der Waals surface area contributed by atoms with E-state index in [-0.39, 0.29) is 5.78 Å². The second-order valence-corrected chi connectivity index (χ2v) is 4.83. The van der Waals surface area contributed by atoms with E-state index in [0.29, 0.717) is 16.3 Å². The molecule has 1 atom stereocenters. The van der Waals surface area contributed by atoms with Gasteiger partial charge in [-0.3, -0.25) is 4.79 Å². The van der Waals surface area contributed by atoms with Crippen LogP contribution in [0.2, 0.25) is 5.02 Å². The van der Waals surface area contributed by atoms with Gasteiger partial charge in [0.05, 0.1) is 0 Å². The molecule has 0 amide bonds. The lowest BCUT2D eigenvalue weighted by Crippen LogP contribution is -2.24. The Bertz CT molecular complexity index is 593. The maximum Gasteiger partial charge on any atom is 0.203 e. The van der Waals surface area contributed by atoms with Crippen LogP contribution in [0.3, 0.4) is 0 Å². The molecule has 0 saturated carbocycles. The van der Waals surface area contributed by atoms with E-state index in [1.807, 2.05) is 31.2 Å². The van der Waals surface area contributed by atoms with E-state index in [4.69, 9.17) is 16.3 Å². The highest BCUT2D eigenvalue weighted by atomic mass is 35.5. The first-order valence-corrected chi connectivity index (χ1v) is 6.48. The predicted molar refractivity (Wildman–Crippen MR) is 77.1 cm³/mol. The highest BCUT2D eigenvalue weighted by Crippen LogP contribution is 2.20. The molecule has 0 N–H and O–H groups in total. The fraction of sp³-hybridized carbons (Fsp3) is 0.188. The van der Waals surface area contributed by atoms with Gasteiger partial charge in [-0.1, -0.05) is 41.9 Å². The molecule has 0 fully saturated rings. The number of carbonyl (C=O) groups is 1. The lowest BCUT2D eigenvalue weighted by molar-refractivity contribution is 0.0817. The lowest BCUT2D eigenvalue weighted by Gasteiger charge is -2.15. The summed E-state index contributed by atoms with van der Waals surface area (Å²) in [5.41, 5.74) is 1.64. The van der Waals surface area contributed by atoms with Crippen LogP contribution in [-0.4, -0.2) is 11.9 Å². The summed E-state index contributed by atoms with van der Waals surface area (Å²) in [5, 5.41) is 0.591. The smallest absolute Gasteiger partial charge is 0.203 e. The summed E-state index contributed by atoms with van der Waals surface area (Å²) >= 11 is 5.89. The van der Waals surface area contributed by atoms with Crippen molar-refractivity contribution in [2.24, 2.45) is 0 Å². The third-order valence-corrected chi connectivity index (χ3v) is 3.12. The number of Topliss-reactive ketones (excluding diaryl/α,β-unsaturated/α-hetero) is 1. The third-order valence-electron chi connectivity index (χ3n) is 2.89. The van der Waals surface area contributed by atoms with Crippen LogP contribution in [-0.2, 0) is 0 Å². The molecule has 0 spiro atoms. The van der Waals surface area contributed by atoms with E-state index < -0.39 is 6.10 Å². The number of hydrogen-bond donors (Lipinski definition) is 0. The van der Waals surface area contributed by atoms with E-state index in [1.165, 1.54) is 0 Å². The second-order valence-electron chi connectivity index (χ2n) is 4.40.